The molecule has 190 valence electrons. The maximum atomic E-state index is 13.8. The van der Waals surface area contributed by atoms with Gasteiger partial charge in [-0.1, -0.05) is 6.07 Å². The van der Waals surface area contributed by atoms with Crippen LogP contribution in [0, 0.1) is 17.1 Å². The summed E-state index contributed by atoms with van der Waals surface area (Å²) in [5.74, 6) is -1.70. The standard InChI is InChI=1S/C24H24FN3O5S3/c1-24(2,3)33-21(29)13-28(36(31,32)22-9-16-4-5-17(25)10-20(16)35-22)19-6-7-27(23(19)30)12-15-8-18(11-26)34-14-15/h4-5,8-10,14,19H,6-7,12-13H2,1-3H3. The minimum atomic E-state index is -4.30. The van der Waals surface area contributed by atoms with Gasteiger partial charge in [-0.05, 0) is 67.8 Å². The predicted octanol–water partition coefficient (Wildman–Crippen LogP) is 4.11. The molecule has 1 unspecified atom stereocenters. The van der Waals surface area contributed by atoms with Crippen LogP contribution in [0.2, 0.25) is 0 Å². The third kappa shape index (κ3) is 5.59. The van der Waals surface area contributed by atoms with Gasteiger partial charge in [0.15, 0.2) is 0 Å². The number of nitriles is 1. The third-order valence-corrected chi connectivity index (χ3v) is 9.77. The molecule has 2 aromatic heterocycles. The quantitative estimate of drug-likeness (QED) is 0.411. The van der Waals surface area contributed by atoms with Crippen molar-refractivity contribution in [1.29, 1.82) is 5.26 Å². The Morgan fingerprint density at radius 3 is 2.72 bits per heavy atom. The fraction of sp³-hybridized carbons (Fsp3) is 0.375. The molecule has 1 fully saturated rings. The second-order valence-corrected chi connectivity index (χ2v) is 13.5. The molecule has 8 nitrogen and oxygen atoms in total. The van der Waals surface area contributed by atoms with Crippen molar-refractivity contribution in [3.05, 3.63) is 52.0 Å². The zero-order valence-electron chi connectivity index (χ0n) is 19.9. The fourth-order valence-corrected chi connectivity index (χ4v) is 7.77. The number of carbonyl (C=O) groups is 2. The normalized spacial score (nSPS) is 16.6. The van der Waals surface area contributed by atoms with Crippen LogP contribution in [0.25, 0.3) is 10.1 Å². The summed E-state index contributed by atoms with van der Waals surface area (Å²) in [5, 5.41) is 11.4. The second-order valence-electron chi connectivity index (χ2n) is 9.38. The molecular formula is C24H24FN3O5S3. The summed E-state index contributed by atoms with van der Waals surface area (Å²) in [7, 11) is -4.30. The molecule has 1 aromatic carbocycles. The lowest BCUT2D eigenvalue weighted by Gasteiger charge is -2.28. The Labute approximate surface area is 216 Å². The third-order valence-electron chi connectivity index (χ3n) is 5.48. The van der Waals surface area contributed by atoms with Crippen LogP contribution in [0.4, 0.5) is 4.39 Å². The fourth-order valence-electron chi connectivity index (χ4n) is 3.97. The smallest absolute Gasteiger partial charge is 0.321 e. The molecule has 1 amide bonds. The van der Waals surface area contributed by atoms with Crippen molar-refractivity contribution in [2.24, 2.45) is 0 Å². The van der Waals surface area contributed by atoms with Gasteiger partial charge in [-0.3, -0.25) is 9.59 Å². The van der Waals surface area contributed by atoms with E-state index in [0.29, 0.717) is 21.5 Å². The van der Waals surface area contributed by atoms with Gasteiger partial charge in [-0.25, -0.2) is 12.8 Å². The van der Waals surface area contributed by atoms with E-state index in [1.807, 2.05) is 0 Å². The number of likely N-dealkylation sites (tertiary alicyclic amines) is 1. The lowest BCUT2D eigenvalue weighted by Crippen LogP contribution is -2.48. The average molecular weight is 550 g/mol. The van der Waals surface area contributed by atoms with Crippen molar-refractivity contribution in [2.75, 3.05) is 13.1 Å². The molecule has 36 heavy (non-hydrogen) atoms. The minimum Gasteiger partial charge on any atom is -0.459 e. The highest BCUT2D eigenvalue weighted by molar-refractivity contribution is 7.91. The van der Waals surface area contributed by atoms with Gasteiger partial charge in [0.2, 0.25) is 5.91 Å². The molecule has 0 radical (unpaired) electrons. The van der Waals surface area contributed by atoms with E-state index < -0.39 is 45.9 Å². The van der Waals surface area contributed by atoms with Crippen molar-refractivity contribution < 1.29 is 27.1 Å². The van der Waals surface area contributed by atoms with E-state index in [4.69, 9.17) is 10.00 Å². The highest BCUT2D eigenvalue weighted by Gasteiger charge is 2.44. The summed E-state index contributed by atoms with van der Waals surface area (Å²) in [5.41, 5.74) is -0.0660. The lowest BCUT2D eigenvalue weighted by atomic mass is 10.2. The van der Waals surface area contributed by atoms with Crippen molar-refractivity contribution in [3.8, 4) is 6.07 Å². The maximum Gasteiger partial charge on any atom is 0.321 e. The van der Waals surface area contributed by atoms with E-state index in [-0.39, 0.29) is 17.2 Å². The maximum absolute atomic E-state index is 13.8. The monoisotopic (exact) mass is 549 g/mol. The second kappa shape index (κ2) is 9.89. The zero-order valence-corrected chi connectivity index (χ0v) is 22.3. The van der Waals surface area contributed by atoms with Crippen LogP contribution >= 0.6 is 22.7 Å². The number of rotatable bonds is 7. The largest absolute Gasteiger partial charge is 0.459 e. The number of hydrogen-bond acceptors (Lipinski definition) is 8. The van der Waals surface area contributed by atoms with Crippen molar-refractivity contribution in [1.82, 2.24) is 9.21 Å². The Morgan fingerprint density at radius 1 is 1.31 bits per heavy atom. The molecule has 12 heteroatoms. The van der Waals surface area contributed by atoms with Gasteiger partial charge < -0.3 is 9.64 Å². The Morgan fingerprint density at radius 2 is 2.06 bits per heavy atom. The van der Waals surface area contributed by atoms with Gasteiger partial charge >= 0.3 is 5.97 Å². The highest BCUT2D eigenvalue weighted by Crippen LogP contribution is 2.34. The van der Waals surface area contributed by atoms with Crippen LogP contribution in [0.1, 0.15) is 37.6 Å². The summed E-state index contributed by atoms with van der Waals surface area (Å²) < 4.78 is 47.8. The predicted molar refractivity (Wildman–Crippen MR) is 134 cm³/mol. The number of fused-ring (bicyclic) bond motifs is 1. The molecule has 1 aliphatic rings. The number of benzene rings is 1. The van der Waals surface area contributed by atoms with Gasteiger partial charge in [-0.2, -0.15) is 9.57 Å². The number of hydrogen-bond donors (Lipinski definition) is 0. The SMILES string of the molecule is CC(C)(C)OC(=O)CN(C1CCN(Cc2csc(C#N)c2)C1=O)S(=O)(=O)c1cc2ccc(F)cc2s1. The first kappa shape index (κ1) is 26.2. The van der Waals surface area contributed by atoms with Crippen LogP contribution in [-0.4, -0.2) is 54.2 Å². The molecule has 3 aromatic rings. The molecule has 4 rings (SSSR count). The van der Waals surface area contributed by atoms with E-state index >= 15 is 0 Å². The van der Waals surface area contributed by atoms with Crippen molar-refractivity contribution >= 4 is 54.7 Å². The van der Waals surface area contributed by atoms with Crippen molar-refractivity contribution in [2.45, 2.75) is 49.6 Å². The number of thiophene rings is 2. The Balaban J connectivity index is 1.65. The number of carbonyl (C=O) groups excluding carboxylic acids is 2. The van der Waals surface area contributed by atoms with E-state index in [0.717, 1.165) is 21.2 Å². The minimum absolute atomic E-state index is 0.0885. The molecule has 3 heterocycles. The van der Waals surface area contributed by atoms with Gasteiger partial charge in [0.25, 0.3) is 10.0 Å². The molecule has 1 atom stereocenters. The molecule has 0 aliphatic carbocycles. The van der Waals surface area contributed by atoms with Gasteiger partial charge in [-0.15, -0.1) is 22.7 Å². The Hall–Kier alpha value is -2.85. The lowest BCUT2D eigenvalue weighted by molar-refractivity contribution is -0.155. The summed E-state index contributed by atoms with van der Waals surface area (Å²) in [6.45, 7) is 4.90. The molecule has 0 bridgehead atoms. The topological polar surface area (TPSA) is 108 Å². The number of amides is 1. The number of halogens is 1. The van der Waals surface area contributed by atoms with Crippen LogP contribution < -0.4 is 0 Å². The summed E-state index contributed by atoms with van der Waals surface area (Å²) in [6, 6.07) is 8.04. The summed E-state index contributed by atoms with van der Waals surface area (Å²) in [4.78, 5) is 28.1. The molecule has 0 spiro atoms. The van der Waals surface area contributed by atoms with Crippen LogP contribution in [-0.2, 0) is 30.9 Å². The average Bonchev–Trinajstić information content (AvgIpc) is 3.50. The molecular weight excluding hydrogens is 525 g/mol. The number of nitrogens with zero attached hydrogens (tertiary/aromatic N) is 3. The van der Waals surface area contributed by atoms with E-state index in [2.05, 4.69) is 6.07 Å². The van der Waals surface area contributed by atoms with Gasteiger partial charge in [0.1, 0.15) is 39.2 Å². The van der Waals surface area contributed by atoms with Gasteiger partial charge in [0, 0.05) is 17.8 Å². The first-order chi connectivity index (χ1) is 16.9. The van der Waals surface area contributed by atoms with Gasteiger partial charge in [0.05, 0.1) is 0 Å². The molecule has 1 saturated heterocycles. The van der Waals surface area contributed by atoms with E-state index in [1.165, 1.54) is 40.5 Å². The zero-order chi connectivity index (χ0) is 26.3. The van der Waals surface area contributed by atoms with Crippen LogP contribution in [0.5, 0.6) is 0 Å². The molecule has 0 saturated carbocycles. The molecule has 1 aliphatic heterocycles. The number of sulfonamides is 1. The van der Waals surface area contributed by atoms with E-state index in [1.54, 1.807) is 32.2 Å². The molecule has 0 N–H and O–H groups in total. The summed E-state index contributed by atoms with van der Waals surface area (Å²) >= 11 is 2.15. The van der Waals surface area contributed by atoms with Crippen LogP contribution in [0.15, 0.2) is 39.9 Å². The van der Waals surface area contributed by atoms with Crippen LogP contribution in [0.3, 0.4) is 0 Å². The number of ether oxygens (including phenoxy) is 1. The summed E-state index contributed by atoms with van der Waals surface area (Å²) in [6.07, 6.45) is 0.190. The Kier molecular flexibility index (Phi) is 7.21. The Bertz CT molecular complexity index is 1470. The highest BCUT2D eigenvalue weighted by atomic mass is 32.2. The first-order valence-electron chi connectivity index (χ1n) is 11.1. The number of esters is 1. The first-order valence-corrected chi connectivity index (χ1v) is 14.2. The van der Waals surface area contributed by atoms with E-state index in [9.17, 15) is 22.4 Å². The van der Waals surface area contributed by atoms with Crippen molar-refractivity contribution in [3.63, 3.8) is 0 Å².